The maximum Gasteiger partial charge on any atom is 0.304 e. The second kappa shape index (κ2) is 9.30. The zero-order valence-electron chi connectivity index (χ0n) is 17.6. The lowest BCUT2D eigenvalue weighted by Gasteiger charge is -2.42. The van der Waals surface area contributed by atoms with Crippen LogP contribution in [0, 0.1) is 17.2 Å². The van der Waals surface area contributed by atoms with Crippen LogP contribution in [0.5, 0.6) is 0 Å². The fourth-order valence-corrected chi connectivity index (χ4v) is 5.22. The van der Waals surface area contributed by atoms with E-state index in [0.717, 1.165) is 38.3 Å². The normalized spacial score (nSPS) is 23.2. The van der Waals surface area contributed by atoms with Gasteiger partial charge in [-0.2, -0.15) is 0 Å². The Morgan fingerprint density at radius 2 is 1.77 bits per heavy atom. The van der Waals surface area contributed by atoms with Crippen LogP contribution in [0.2, 0.25) is 0 Å². The average molecular weight is 410 g/mol. The molecule has 160 valence electrons. The first-order valence-electron chi connectivity index (χ1n) is 11.3. The molecule has 1 saturated heterocycles. The van der Waals surface area contributed by atoms with Crippen molar-refractivity contribution < 1.29 is 14.3 Å². The highest BCUT2D eigenvalue weighted by atomic mass is 19.1. The summed E-state index contributed by atoms with van der Waals surface area (Å²) in [7, 11) is 0. The van der Waals surface area contributed by atoms with Gasteiger partial charge in [-0.3, -0.25) is 4.79 Å². The smallest absolute Gasteiger partial charge is 0.304 e. The lowest BCUT2D eigenvalue weighted by molar-refractivity contribution is -0.137. The predicted molar refractivity (Wildman–Crippen MR) is 117 cm³/mol. The molecule has 30 heavy (non-hydrogen) atoms. The molecule has 1 N–H and O–H groups in total. The molecule has 4 heteroatoms. The number of halogens is 1. The Labute approximate surface area is 178 Å². The van der Waals surface area contributed by atoms with Gasteiger partial charge in [-0.25, -0.2) is 4.39 Å². The van der Waals surface area contributed by atoms with Gasteiger partial charge in [0.2, 0.25) is 0 Å². The standard InChI is InChI=1S/C26H32FNO2/c27-23-8-6-20(7-9-23)19-26(13-16-28(17-14-26)15-11-25(29)30)12-10-22-18-24(22)21-4-2-1-3-5-21/h1-9,22,24H,10-19H2,(H,29,30)/t22-,24?/m1/s1. The Balaban J connectivity index is 1.38. The van der Waals surface area contributed by atoms with E-state index in [2.05, 4.69) is 35.2 Å². The van der Waals surface area contributed by atoms with E-state index in [1.165, 1.54) is 30.4 Å². The number of carbonyl (C=O) groups is 1. The van der Waals surface area contributed by atoms with E-state index >= 15 is 0 Å². The minimum atomic E-state index is -0.723. The molecule has 2 aromatic rings. The molecule has 0 amide bonds. The average Bonchev–Trinajstić information content (AvgIpc) is 3.54. The van der Waals surface area contributed by atoms with E-state index in [0.29, 0.717) is 12.5 Å². The molecule has 0 aromatic heterocycles. The van der Waals surface area contributed by atoms with Gasteiger partial charge in [0.25, 0.3) is 0 Å². The number of nitrogens with zero attached hydrogens (tertiary/aromatic N) is 1. The van der Waals surface area contributed by atoms with Gasteiger partial charge in [-0.15, -0.1) is 0 Å². The summed E-state index contributed by atoms with van der Waals surface area (Å²) in [6, 6.07) is 17.8. The zero-order valence-corrected chi connectivity index (χ0v) is 17.6. The molecule has 1 aliphatic heterocycles. The Morgan fingerprint density at radius 3 is 2.43 bits per heavy atom. The van der Waals surface area contributed by atoms with Crippen LogP contribution in [0.15, 0.2) is 54.6 Å². The fourth-order valence-electron chi connectivity index (χ4n) is 5.22. The summed E-state index contributed by atoms with van der Waals surface area (Å²) < 4.78 is 13.4. The van der Waals surface area contributed by atoms with Crippen LogP contribution in [0.4, 0.5) is 4.39 Å². The minimum absolute atomic E-state index is 0.181. The summed E-state index contributed by atoms with van der Waals surface area (Å²) in [6.07, 6.45) is 7.12. The Kier molecular flexibility index (Phi) is 6.52. The van der Waals surface area contributed by atoms with Crippen LogP contribution in [-0.2, 0) is 11.2 Å². The molecule has 1 heterocycles. The third-order valence-corrected chi connectivity index (χ3v) is 7.25. The van der Waals surface area contributed by atoms with E-state index in [-0.39, 0.29) is 17.7 Å². The van der Waals surface area contributed by atoms with E-state index in [1.807, 2.05) is 12.1 Å². The van der Waals surface area contributed by atoms with E-state index in [1.54, 1.807) is 12.1 Å². The van der Waals surface area contributed by atoms with E-state index < -0.39 is 5.97 Å². The maximum atomic E-state index is 13.4. The molecular formula is C26H32FNO2. The van der Waals surface area contributed by atoms with Gasteiger partial charge in [0.1, 0.15) is 5.82 Å². The van der Waals surface area contributed by atoms with Gasteiger partial charge in [0, 0.05) is 6.54 Å². The van der Waals surface area contributed by atoms with Gasteiger partial charge in [0.15, 0.2) is 0 Å². The van der Waals surface area contributed by atoms with Crippen LogP contribution in [0.25, 0.3) is 0 Å². The van der Waals surface area contributed by atoms with Gasteiger partial charge >= 0.3 is 5.97 Å². The summed E-state index contributed by atoms with van der Waals surface area (Å²) in [4.78, 5) is 13.2. The maximum absolute atomic E-state index is 13.4. The van der Waals surface area contributed by atoms with Crippen molar-refractivity contribution in [2.45, 2.75) is 50.9 Å². The molecule has 1 saturated carbocycles. The fraction of sp³-hybridized carbons (Fsp3) is 0.500. The van der Waals surface area contributed by atoms with Crippen molar-refractivity contribution in [3.05, 3.63) is 71.5 Å². The Morgan fingerprint density at radius 1 is 1.07 bits per heavy atom. The van der Waals surface area contributed by atoms with Gasteiger partial charge in [-0.05, 0) is 92.1 Å². The molecule has 1 unspecified atom stereocenters. The van der Waals surface area contributed by atoms with Crippen molar-refractivity contribution in [3.8, 4) is 0 Å². The Bertz CT molecular complexity index is 828. The molecule has 2 aliphatic rings. The Hall–Kier alpha value is -2.20. The molecule has 1 aliphatic carbocycles. The number of rotatable bonds is 9. The molecule has 4 rings (SSSR count). The molecule has 0 bridgehead atoms. The number of aliphatic carboxylic acids is 1. The number of carboxylic acid groups (broad SMARTS) is 1. The number of piperidine rings is 1. The molecule has 2 fully saturated rings. The number of hydrogen-bond donors (Lipinski definition) is 1. The molecule has 0 radical (unpaired) electrons. The van der Waals surface area contributed by atoms with Gasteiger partial charge in [0.05, 0.1) is 6.42 Å². The second-order valence-corrected chi connectivity index (χ2v) is 9.34. The first-order chi connectivity index (χ1) is 14.5. The van der Waals surface area contributed by atoms with Crippen molar-refractivity contribution in [2.75, 3.05) is 19.6 Å². The summed E-state index contributed by atoms with van der Waals surface area (Å²) >= 11 is 0. The first kappa shape index (κ1) is 21.0. The monoisotopic (exact) mass is 409 g/mol. The minimum Gasteiger partial charge on any atom is -0.481 e. The lowest BCUT2D eigenvalue weighted by atomic mass is 9.70. The first-order valence-corrected chi connectivity index (χ1v) is 11.3. The SMILES string of the molecule is O=C(O)CCN1CCC(CC[C@@H]2CC2c2ccccc2)(Cc2ccc(F)cc2)CC1. The predicted octanol–water partition coefficient (Wildman–Crippen LogP) is 5.51. The van der Waals surface area contributed by atoms with Crippen molar-refractivity contribution in [1.29, 1.82) is 0 Å². The zero-order chi connectivity index (χ0) is 21.0. The second-order valence-electron chi connectivity index (χ2n) is 9.34. The number of carboxylic acids is 1. The summed E-state index contributed by atoms with van der Waals surface area (Å²) in [5.41, 5.74) is 2.92. The van der Waals surface area contributed by atoms with Crippen LogP contribution < -0.4 is 0 Å². The van der Waals surface area contributed by atoms with Crippen LogP contribution >= 0.6 is 0 Å². The summed E-state index contributed by atoms with van der Waals surface area (Å²) in [6.45, 7) is 2.56. The van der Waals surface area contributed by atoms with E-state index in [9.17, 15) is 9.18 Å². The number of likely N-dealkylation sites (tertiary alicyclic amines) is 1. The largest absolute Gasteiger partial charge is 0.481 e. The third-order valence-electron chi connectivity index (χ3n) is 7.25. The van der Waals surface area contributed by atoms with Gasteiger partial charge in [-0.1, -0.05) is 42.5 Å². The number of hydrogen-bond acceptors (Lipinski definition) is 2. The number of benzene rings is 2. The summed E-state index contributed by atoms with van der Waals surface area (Å²) in [5, 5.41) is 8.98. The highest BCUT2D eigenvalue weighted by molar-refractivity contribution is 5.66. The lowest BCUT2D eigenvalue weighted by Crippen LogP contribution is -2.42. The van der Waals surface area contributed by atoms with Crippen LogP contribution in [0.3, 0.4) is 0 Å². The van der Waals surface area contributed by atoms with Crippen molar-refractivity contribution in [3.63, 3.8) is 0 Å². The molecule has 0 spiro atoms. The molecule has 2 aromatic carbocycles. The molecule has 2 atom stereocenters. The van der Waals surface area contributed by atoms with Crippen molar-refractivity contribution >= 4 is 5.97 Å². The van der Waals surface area contributed by atoms with Crippen molar-refractivity contribution in [1.82, 2.24) is 4.90 Å². The third kappa shape index (κ3) is 5.48. The highest BCUT2D eigenvalue weighted by Gasteiger charge is 2.41. The highest BCUT2D eigenvalue weighted by Crippen LogP contribution is 2.52. The van der Waals surface area contributed by atoms with Crippen LogP contribution in [-0.4, -0.2) is 35.6 Å². The van der Waals surface area contributed by atoms with E-state index in [4.69, 9.17) is 5.11 Å². The van der Waals surface area contributed by atoms with Crippen molar-refractivity contribution in [2.24, 2.45) is 11.3 Å². The summed E-state index contributed by atoms with van der Waals surface area (Å²) in [5.74, 6) is 0.589. The molecular weight excluding hydrogens is 377 g/mol. The van der Waals surface area contributed by atoms with Gasteiger partial charge < -0.3 is 10.0 Å². The molecule has 3 nitrogen and oxygen atoms in total. The quantitative estimate of drug-likeness (QED) is 0.594. The van der Waals surface area contributed by atoms with Crippen LogP contribution in [0.1, 0.15) is 55.6 Å². The topological polar surface area (TPSA) is 40.5 Å².